The first-order chi connectivity index (χ1) is 13.0. The lowest BCUT2D eigenvalue weighted by molar-refractivity contribution is 0.174. The van der Waals surface area contributed by atoms with Gasteiger partial charge in [0.25, 0.3) is 0 Å². The van der Waals surface area contributed by atoms with Crippen molar-refractivity contribution in [1.29, 1.82) is 0 Å². The number of sulfonamides is 1. The molecular weight excluding hydrogens is 364 g/mol. The summed E-state index contributed by atoms with van der Waals surface area (Å²) in [6, 6.07) is 12.9. The smallest absolute Gasteiger partial charge is 0.240 e. The third-order valence-corrected chi connectivity index (χ3v) is 6.98. The number of nitrogens with zero attached hydrogens (tertiary/aromatic N) is 1. The van der Waals surface area contributed by atoms with E-state index in [2.05, 4.69) is 27.6 Å². The molecule has 2 heterocycles. The van der Waals surface area contributed by atoms with Gasteiger partial charge in [-0.3, -0.25) is 0 Å². The number of rotatable bonds is 5. The highest BCUT2D eigenvalue weighted by molar-refractivity contribution is 7.89. The molecule has 0 amide bonds. The summed E-state index contributed by atoms with van der Waals surface area (Å²) in [6.07, 6.45) is 4.09. The summed E-state index contributed by atoms with van der Waals surface area (Å²) in [5.74, 6) is 1.04. The Bertz CT molecular complexity index is 1150. The van der Waals surface area contributed by atoms with Gasteiger partial charge in [0.1, 0.15) is 0 Å². The average molecular weight is 384 g/mol. The number of nitrogens with one attached hydrogen (secondary N) is 1. The molecular formula is C20H20N2O4S. The van der Waals surface area contributed by atoms with Gasteiger partial charge in [-0.25, -0.2) is 13.1 Å². The number of aryl methyl sites for hydroxylation is 1. The quantitative estimate of drug-likeness (QED) is 0.734. The van der Waals surface area contributed by atoms with Crippen molar-refractivity contribution in [2.75, 3.05) is 13.3 Å². The van der Waals surface area contributed by atoms with Crippen LogP contribution in [0, 0.1) is 0 Å². The number of fused-ring (bicyclic) bond motifs is 2. The largest absolute Gasteiger partial charge is 0.454 e. The number of ether oxygens (including phenoxy) is 2. The maximum absolute atomic E-state index is 12.8. The summed E-state index contributed by atoms with van der Waals surface area (Å²) in [5, 5.41) is 1.19. The van der Waals surface area contributed by atoms with E-state index in [1.54, 1.807) is 12.1 Å². The minimum atomic E-state index is -3.62. The molecule has 5 rings (SSSR count). The number of hydrogen-bond donors (Lipinski definition) is 1. The van der Waals surface area contributed by atoms with E-state index < -0.39 is 10.0 Å². The molecule has 7 heteroatoms. The van der Waals surface area contributed by atoms with Crippen LogP contribution in [0.15, 0.2) is 53.6 Å². The minimum Gasteiger partial charge on any atom is -0.454 e. The first kappa shape index (κ1) is 16.6. The molecule has 1 fully saturated rings. The van der Waals surface area contributed by atoms with Crippen LogP contribution in [0.4, 0.5) is 0 Å². The van der Waals surface area contributed by atoms with Crippen LogP contribution in [0.2, 0.25) is 0 Å². The molecule has 0 radical (unpaired) electrons. The molecule has 1 aromatic heterocycles. The average Bonchev–Trinajstić information content (AvgIpc) is 3.17. The molecule has 1 saturated carbocycles. The maximum Gasteiger partial charge on any atom is 0.240 e. The number of para-hydroxylation sites is 1. The Hall–Kier alpha value is -2.51. The Morgan fingerprint density at radius 3 is 2.70 bits per heavy atom. The van der Waals surface area contributed by atoms with Crippen LogP contribution in [0.3, 0.4) is 0 Å². The van der Waals surface area contributed by atoms with Crippen LogP contribution < -0.4 is 14.2 Å². The van der Waals surface area contributed by atoms with Gasteiger partial charge in [0, 0.05) is 42.2 Å². The van der Waals surface area contributed by atoms with Crippen molar-refractivity contribution < 1.29 is 17.9 Å². The van der Waals surface area contributed by atoms with Crippen molar-refractivity contribution in [3.05, 3.63) is 54.2 Å². The van der Waals surface area contributed by atoms with Gasteiger partial charge in [-0.1, -0.05) is 18.2 Å². The van der Waals surface area contributed by atoms with Gasteiger partial charge in [-0.15, -0.1) is 0 Å². The summed E-state index contributed by atoms with van der Waals surface area (Å²) in [6.45, 7) is 0.508. The number of benzene rings is 2. The predicted octanol–water partition coefficient (Wildman–Crippen LogP) is 2.92. The molecule has 0 atom stereocenters. The molecule has 0 bridgehead atoms. The monoisotopic (exact) mass is 384 g/mol. The number of hydrogen-bond acceptors (Lipinski definition) is 4. The molecule has 3 aromatic rings. The molecule has 27 heavy (non-hydrogen) atoms. The van der Waals surface area contributed by atoms with Crippen molar-refractivity contribution in [2.24, 2.45) is 7.05 Å². The first-order valence-corrected chi connectivity index (χ1v) is 10.4. The van der Waals surface area contributed by atoms with Gasteiger partial charge in [-0.2, -0.15) is 0 Å². The summed E-state index contributed by atoms with van der Waals surface area (Å²) in [7, 11) is -1.60. The van der Waals surface area contributed by atoms with Crippen molar-refractivity contribution in [3.8, 4) is 11.5 Å². The van der Waals surface area contributed by atoms with E-state index in [4.69, 9.17) is 9.47 Å². The Balaban J connectivity index is 1.42. The second-order valence-electron chi connectivity index (χ2n) is 7.29. The van der Waals surface area contributed by atoms with E-state index in [-0.39, 0.29) is 17.1 Å². The van der Waals surface area contributed by atoms with Crippen LogP contribution in [0.5, 0.6) is 11.5 Å². The van der Waals surface area contributed by atoms with Crippen LogP contribution in [0.25, 0.3) is 10.9 Å². The van der Waals surface area contributed by atoms with Gasteiger partial charge in [0.15, 0.2) is 11.5 Å². The SMILES string of the molecule is Cn1cc(C2(CNS(=O)(=O)c3ccc4c(c3)OCO4)CC2)c2ccccc21. The van der Waals surface area contributed by atoms with E-state index >= 15 is 0 Å². The molecule has 0 saturated heterocycles. The van der Waals surface area contributed by atoms with Gasteiger partial charge in [0.05, 0.1) is 4.90 Å². The van der Waals surface area contributed by atoms with E-state index in [0.29, 0.717) is 18.0 Å². The summed E-state index contributed by atoms with van der Waals surface area (Å²) in [4.78, 5) is 0.195. The molecule has 1 aliphatic carbocycles. The van der Waals surface area contributed by atoms with Crippen LogP contribution >= 0.6 is 0 Å². The van der Waals surface area contributed by atoms with Crippen molar-refractivity contribution >= 4 is 20.9 Å². The fourth-order valence-electron chi connectivity index (χ4n) is 3.82. The lowest BCUT2D eigenvalue weighted by Gasteiger charge is -2.16. The molecule has 0 spiro atoms. The minimum absolute atomic E-state index is 0.121. The molecule has 6 nitrogen and oxygen atoms in total. The van der Waals surface area contributed by atoms with Gasteiger partial charge in [-0.05, 0) is 36.6 Å². The second kappa shape index (κ2) is 5.74. The zero-order chi connectivity index (χ0) is 18.6. The van der Waals surface area contributed by atoms with E-state index in [1.807, 2.05) is 19.2 Å². The molecule has 0 unspecified atom stereocenters. The molecule has 2 aromatic carbocycles. The lowest BCUT2D eigenvalue weighted by atomic mass is 9.96. The Morgan fingerprint density at radius 2 is 1.89 bits per heavy atom. The van der Waals surface area contributed by atoms with Crippen LogP contribution in [0.1, 0.15) is 18.4 Å². The zero-order valence-corrected chi connectivity index (χ0v) is 15.8. The van der Waals surface area contributed by atoms with Crippen molar-refractivity contribution in [3.63, 3.8) is 0 Å². The molecule has 140 valence electrons. The van der Waals surface area contributed by atoms with E-state index in [0.717, 1.165) is 18.4 Å². The molecule has 2 aliphatic rings. The number of aromatic nitrogens is 1. The van der Waals surface area contributed by atoms with Crippen molar-refractivity contribution in [2.45, 2.75) is 23.2 Å². The predicted molar refractivity (Wildman–Crippen MR) is 102 cm³/mol. The second-order valence-corrected chi connectivity index (χ2v) is 9.06. The van der Waals surface area contributed by atoms with Gasteiger partial charge < -0.3 is 14.0 Å². The first-order valence-electron chi connectivity index (χ1n) is 8.92. The highest BCUT2D eigenvalue weighted by Crippen LogP contribution is 2.50. The molecule has 1 aliphatic heterocycles. The fraction of sp³-hybridized carbons (Fsp3) is 0.300. The highest BCUT2D eigenvalue weighted by Gasteiger charge is 2.46. The molecule has 1 N–H and O–H groups in total. The van der Waals surface area contributed by atoms with Gasteiger partial charge in [0.2, 0.25) is 16.8 Å². The maximum atomic E-state index is 12.8. The topological polar surface area (TPSA) is 69.6 Å². The Kier molecular flexibility index (Phi) is 3.54. The normalized spacial score (nSPS) is 17.4. The Morgan fingerprint density at radius 1 is 1.11 bits per heavy atom. The third kappa shape index (κ3) is 2.69. The Labute approximate surface area is 157 Å². The fourth-order valence-corrected chi connectivity index (χ4v) is 4.96. The summed E-state index contributed by atoms with van der Waals surface area (Å²) < 4.78 is 41.1. The third-order valence-electron chi connectivity index (χ3n) is 5.58. The standard InChI is InChI=1S/C20H20N2O4S/c1-22-11-16(15-4-2-3-5-17(15)22)20(8-9-20)12-21-27(23,24)14-6-7-18-19(10-14)26-13-25-18/h2-7,10-11,21H,8-9,12-13H2,1H3. The van der Waals surface area contributed by atoms with Crippen LogP contribution in [-0.2, 0) is 22.5 Å². The summed E-state index contributed by atoms with van der Waals surface area (Å²) >= 11 is 0. The van der Waals surface area contributed by atoms with Gasteiger partial charge >= 0.3 is 0 Å². The lowest BCUT2D eigenvalue weighted by Crippen LogP contribution is -2.32. The van der Waals surface area contributed by atoms with Crippen molar-refractivity contribution in [1.82, 2.24) is 9.29 Å². The summed E-state index contributed by atoms with van der Waals surface area (Å²) in [5.41, 5.74) is 2.25. The van der Waals surface area contributed by atoms with E-state index in [1.165, 1.54) is 17.0 Å². The highest BCUT2D eigenvalue weighted by atomic mass is 32.2. The zero-order valence-electron chi connectivity index (χ0n) is 14.9. The van der Waals surface area contributed by atoms with E-state index in [9.17, 15) is 8.42 Å². The van der Waals surface area contributed by atoms with Crippen LogP contribution in [-0.4, -0.2) is 26.3 Å².